The van der Waals surface area contributed by atoms with Gasteiger partial charge in [-0.2, -0.15) is 0 Å². The molecule has 1 aliphatic heterocycles. The number of nitrogens with zero attached hydrogens (tertiary/aromatic N) is 2. The average molecular weight is 403 g/mol. The van der Waals surface area contributed by atoms with Crippen LogP contribution in [0.25, 0.3) is 0 Å². The van der Waals surface area contributed by atoms with E-state index in [4.69, 9.17) is 4.74 Å². The summed E-state index contributed by atoms with van der Waals surface area (Å²) in [5.41, 5.74) is 0.517. The van der Waals surface area contributed by atoms with Crippen molar-refractivity contribution >= 4 is 39.8 Å². The predicted molar refractivity (Wildman–Crippen MR) is 99.5 cm³/mol. The van der Waals surface area contributed by atoms with E-state index >= 15 is 0 Å². The van der Waals surface area contributed by atoms with E-state index in [1.165, 1.54) is 47.3 Å². The molecule has 1 aromatic rings. The highest BCUT2D eigenvalue weighted by atomic mass is 32.2. The molecule has 2 rings (SSSR count). The molecule has 144 valence electrons. The lowest BCUT2D eigenvalue weighted by molar-refractivity contribution is -0.384. The number of amides is 1. The van der Waals surface area contributed by atoms with Crippen LogP contribution in [-0.2, 0) is 27.3 Å². The lowest BCUT2D eigenvalue weighted by Gasteiger charge is -2.35. The summed E-state index contributed by atoms with van der Waals surface area (Å²) in [6.45, 7) is 6.26. The van der Waals surface area contributed by atoms with Crippen LogP contribution >= 0.6 is 11.8 Å². The smallest absolute Gasteiger partial charge is 0.420 e. The Morgan fingerprint density at radius 3 is 2.42 bits per heavy atom. The Bertz CT molecular complexity index is 662. The quantitative estimate of drug-likeness (QED) is 0.572. The molecule has 1 aromatic carbocycles. The minimum absolute atomic E-state index is 0.000832. The molecule has 1 amide bonds. The Balaban J connectivity index is 0.00000163. The van der Waals surface area contributed by atoms with Gasteiger partial charge in [-0.05, 0) is 17.7 Å². The van der Waals surface area contributed by atoms with Crippen LogP contribution in [0.15, 0.2) is 24.3 Å². The SMILES string of the molecule is CC.CC(=O)SC1CN(S(=O)NC(=O)OCc2ccc([N+](=O)[O-])cc2)C1. The second-order valence-corrected chi connectivity index (χ2v) is 7.63. The Kier molecular flexibility index (Phi) is 9.24. The number of hydrogen-bond donors (Lipinski definition) is 1. The van der Waals surface area contributed by atoms with Crippen LogP contribution in [-0.4, -0.2) is 43.0 Å². The number of thioether (sulfide) groups is 1. The van der Waals surface area contributed by atoms with Gasteiger partial charge in [0.2, 0.25) is 11.2 Å². The van der Waals surface area contributed by atoms with Gasteiger partial charge in [0.25, 0.3) is 5.69 Å². The Morgan fingerprint density at radius 2 is 1.92 bits per heavy atom. The Labute approximate surface area is 158 Å². The van der Waals surface area contributed by atoms with Crippen molar-refractivity contribution in [3.63, 3.8) is 0 Å². The summed E-state index contributed by atoms with van der Waals surface area (Å²) in [5, 5.41) is 10.6. The van der Waals surface area contributed by atoms with Crippen LogP contribution in [0.4, 0.5) is 10.5 Å². The van der Waals surface area contributed by atoms with Gasteiger partial charge in [-0.25, -0.2) is 18.0 Å². The first-order chi connectivity index (χ1) is 12.3. The number of nitro benzene ring substituents is 1. The second-order valence-electron chi connectivity index (χ2n) is 4.93. The molecule has 0 aromatic heterocycles. The van der Waals surface area contributed by atoms with E-state index in [1.54, 1.807) is 0 Å². The fraction of sp³-hybridized carbons (Fsp3) is 0.467. The van der Waals surface area contributed by atoms with E-state index in [0.717, 1.165) is 0 Å². The lowest BCUT2D eigenvalue weighted by Crippen LogP contribution is -2.53. The highest BCUT2D eigenvalue weighted by Gasteiger charge is 2.33. The normalized spacial score (nSPS) is 15.0. The van der Waals surface area contributed by atoms with Crippen molar-refractivity contribution in [2.75, 3.05) is 13.1 Å². The third-order valence-corrected chi connectivity index (χ3v) is 5.14. The lowest BCUT2D eigenvalue weighted by atomic mass is 10.2. The van der Waals surface area contributed by atoms with Crippen LogP contribution in [0.1, 0.15) is 26.3 Å². The van der Waals surface area contributed by atoms with Crippen LogP contribution in [0.2, 0.25) is 0 Å². The van der Waals surface area contributed by atoms with Gasteiger partial charge >= 0.3 is 6.09 Å². The molecule has 1 fully saturated rings. The van der Waals surface area contributed by atoms with Crippen molar-refractivity contribution in [3.8, 4) is 0 Å². The van der Waals surface area contributed by atoms with Crippen molar-refractivity contribution in [3.05, 3.63) is 39.9 Å². The predicted octanol–water partition coefficient (Wildman–Crippen LogP) is 2.39. The third kappa shape index (κ3) is 7.10. The number of nitrogens with one attached hydrogen (secondary N) is 1. The zero-order valence-electron chi connectivity index (χ0n) is 14.7. The number of hydrogen-bond acceptors (Lipinski definition) is 7. The Morgan fingerprint density at radius 1 is 1.35 bits per heavy atom. The molecule has 1 saturated heterocycles. The zero-order chi connectivity index (χ0) is 19.7. The molecule has 1 aliphatic rings. The van der Waals surface area contributed by atoms with Gasteiger partial charge in [0.05, 0.1) is 4.92 Å². The first kappa shape index (κ1) is 22.1. The van der Waals surface area contributed by atoms with E-state index in [0.29, 0.717) is 18.7 Å². The van der Waals surface area contributed by atoms with Crippen LogP contribution in [0.5, 0.6) is 0 Å². The van der Waals surface area contributed by atoms with E-state index in [1.807, 2.05) is 13.8 Å². The summed E-state index contributed by atoms with van der Waals surface area (Å²) in [5.74, 6) is 0. The van der Waals surface area contributed by atoms with E-state index in [9.17, 15) is 23.9 Å². The highest BCUT2D eigenvalue weighted by Crippen LogP contribution is 2.23. The standard InChI is InChI=1S/C13H15N3O6S2.C2H6/c1-9(17)23-12-6-15(7-12)24(21)14-13(18)22-8-10-2-4-11(5-3-10)16(19)20;1-2/h2-5,12H,6-8H2,1H3,(H,14,18);1-2H3. The third-order valence-electron chi connectivity index (χ3n) is 3.07. The molecular formula is C15H21N3O6S2. The summed E-state index contributed by atoms with van der Waals surface area (Å²) in [7, 11) is 0. The minimum atomic E-state index is -1.72. The maximum atomic E-state index is 11.9. The van der Waals surface area contributed by atoms with Gasteiger partial charge in [-0.15, -0.1) is 0 Å². The van der Waals surface area contributed by atoms with Crippen LogP contribution < -0.4 is 4.72 Å². The molecule has 0 spiro atoms. The number of carbonyl (C=O) groups is 2. The number of ether oxygens (including phenoxy) is 1. The van der Waals surface area contributed by atoms with Gasteiger partial charge in [0, 0.05) is 37.4 Å². The molecule has 0 aliphatic carbocycles. The summed E-state index contributed by atoms with van der Waals surface area (Å²) in [6.07, 6.45) is -0.852. The van der Waals surface area contributed by atoms with Gasteiger partial charge in [-0.1, -0.05) is 25.6 Å². The molecule has 1 atom stereocenters. The molecular weight excluding hydrogens is 382 g/mol. The molecule has 1 unspecified atom stereocenters. The van der Waals surface area contributed by atoms with Crippen molar-refractivity contribution in [2.24, 2.45) is 0 Å². The molecule has 1 heterocycles. The second kappa shape index (κ2) is 10.9. The molecule has 0 bridgehead atoms. The summed E-state index contributed by atoms with van der Waals surface area (Å²) >= 11 is -0.531. The van der Waals surface area contributed by atoms with E-state index in [2.05, 4.69) is 4.72 Å². The van der Waals surface area contributed by atoms with Gasteiger partial charge < -0.3 is 4.74 Å². The van der Waals surface area contributed by atoms with Crippen molar-refractivity contribution in [1.29, 1.82) is 0 Å². The van der Waals surface area contributed by atoms with Crippen LogP contribution in [0.3, 0.4) is 0 Å². The monoisotopic (exact) mass is 403 g/mol. The summed E-state index contributed by atoms with van der Waals surface area (Å²) in [4.78, 5) is 32.5. The van der Waals surface area contributed by atoms with Gasteiger partial charge in [0.15, 0.2) is 5.12 Å². The number of benzene rings is 1. The molecule has 26 heavy (non-hydrogen) atoms. The van der Waals surface area contributed by atoms with E-state index < -0.39 is 22.2 Å². The summed E-state index contributed by atoms with van der Waals surface area (Å²) < 4.78 is 20.5. The van der Waals surface area contributed by atoms with Crippen molar-refractivity contribution in [1.82, 2.24) is 9.03 Å². The number of carbonyl (C=O) groups excluding carboxylic acids is 2. The zero-order valence-corrected chi connectivity index (χ0v) is 16.3. The van der Waals surface area contributed by atoms with Gasteiger partial charge in [0.1, 0.15) is 6.61 Å². The topological polar surface area (TPSA) is 119 Å². The number of non-ortho nitro benzene ring substituents is 1. The maximum Gasteiger partial charge on any atom is 0.420 e. The first-order valence-corrected chi connectivity index (χ1v) is 9.84. The minimum Gasteiger partial charge on any atom is -0.444 e. The van der Waals surface area contributed by atoms with Crippen molar-refractivity contribution in [2.45, 2.75) is 32.6 Å². The van der Waals surface area contributed by atoms with E-state index in [-0.39, 0.29) is 22.7 Å². The van der Waals surface area contributed by atoms with Crippen LogP contribution in [0, 0.1) is 10.1 Å². The number of rotatable bonds is 6. The average Bonchev–Trinajstić information content (AvgIpc) is 2.57. The molecule has 0 radical (unpaired) electrons. The Hall–Kier alpha value is -1.98. The fourth-order valence-corrected chi connectivity index (χ4v) is 4.00. The largest absolute Gasteiger partial charge is 0.444 e. The molecule has 0 saturated carbocycles. The van der Waals surface area contributed by atoms with Crippen molar-refractivity contribution < 1.29 is 23.5 Å². The molecule has 9 nitrogen and oxygen atoms in total. The number of nitro groups is 1. The highest BCUT2D eigenvalue weighted by molar-refractivity contribution is 8.14. The first-order valence-electron chi connectivity index (χ1n) is 7.86. The fourth-order valence-electron chi connectivity index (χ4n) is 1.87. The maximum absolute atomic E-state index is 11.9. The summed E-state index contributed by atoms with van der Waals surface area (Å²) in [6, 6.07) is 5.56. The molecule has 11 heteroatoms. The molecule has 1 N–H and O–H groups in total. The van der Waals surface area contributed by atoms with Gasteiger partial charge in [-0.3, -0.25) is 14.9 Å².